The average molecular weight is 374 g/mol. The number of hydrogen-bond donors (Lipinski definition) is 2. The molecule has 0 saturated carbocycles. The van der Waals surface area contributed by atoms with Gasteiger partial charge in [-0.25, -0.2) is 0 Å². The lowest BCUT2D eigenvalue weighted by molar-refractivity contribution is 0.324. The zero-order valence-corrected chi connectivity index (χ0v) is 16.1. The summed E-state index contributed by atoms with van der Waals surface area (Å²) in [5.74, 6) is 2.65. The summed E-state index contributed by atoms with van der Waals surface area (Å²) in [6.45, 7) is 0. The average Bonchev–Trinajstić information content (AvgIpc) is 3.15. The molecular weight excluding hydrogens is 352 g/mol. The van der Waals surface area contributed by atoms with E-state index in [0.29, 0.717) is 17.2 Å². The van der Waals surface area contributed by atoms with E-state index in [-0.39, 0.29) is 0 Å². The molecular formula is C23H22N2O3. The number of benzene rings is 3. The molecule has 0 radical (unpaired) electrons. The first-order chi connectivity index (χ1) is 13.7. The predicted octanol–water partition coefficient (Wildman–Crippen LogP) is 5.60. The Labute approximate surface area is 163 Å². The minimum Gasteiger partial charge on any atom is -0.493 e. The first-order valence-electron chi connectivity index (χ1n) is 8.97. The van der Waals surface area contributed by atoms with Gasteiger partial charge in [-0.3, -0.25) is 0 Å². The lowest BCUT2D eigenvalue weighted by atomic mass is 10.0. The molecule has 2 N–H and O–H groups in total. The largest absolute Gasteiger partial charge is 0.493 e. The maximum atomic E-state index is 5.44. The van der Waals surface area contributed by atoms with Crippen molar-refractivity contribution in [2.45, 2.75) is 0 Å². The summed E-state index contributed by atoms with van der Waals surface area (Å²) in [4.78, 5) is 3.49. The van der Waals surface area contributed by atoms with Crippen LogP contribution in [0, 0.1) is 0 Å². The molecule has 5 heteroatoms. The zero-order chi connectivity index (χ0) is 19.5. The second-order valence-electron chi connectivity index (χ2n) is 6.36. The van der Waals surface area contributed by atoms with Crippen molar-refractivity contribution in [3.05, 3.63) is 66.7 Å². The van der Waals surface area contributed by atoms with Crippen LogP contribution in [0.4, 0.5) is 11.5 Å². The molecule has 3 aromatic carbocycles. The molecule has 0 saturated heterocycles. The molecule has 1 aromatic heterocycles. The molecule has 0 aliphatic rings. The monoisotopic (exact) mass is 374 g/mol. The van der Waals surface area contributed by atoms with Gasteiger partial charge in [0.15, 0.2) is 11.5 Å². The van der Waals surface area contributed by atoms with Crippen molar-refractivity contribution < 1.29 is 14.2 Å². The third-order valence-corrected chi connectivity index (χ3v) is 4.68. The van der Waals surface area contributed by atoms with Gasteiger partial charge >= 0.3 is 0 Å². The highest BCUT2D eigenvalue weighted by Gasteiger charge is 2.14. The van der Waals surface area contributed by atoms with Crippen molar-refractivity contribution in [3.63, 3.8) is 0 Å². The molecule has 0 spiro atoms. The number of para-hydroxylation sites is 1. The van der Waals surface area contributed by atoms with Crippen LogP contribution >= 0.6 is 0 Å². The van der Waals surface area contributed by atoms with Gasteiger partial charge in [-0.05, 0) is 11.6 Å². The summed E-state index contributed by atoms with van der Waals surface area (Å²) in [5.41, 5.74) is 4.26. The van der Waals surface area contributed by atoms with Crippen molar-refractivity contribution in [2.75, 3.05) is 26.6 Å². The number of rotatable bonds is 6. The van der Waals surface area contributed by atoms with Gasteiger partial charge in [0.05, 0.1) is 26.8 Å². The molecule has 0 aliphatic heterocycles. The van der Waals surface area contributed by atoms with Crippen LogP contribution in [0.1, 0.15) is 0 Å². The number of ether oxygens (including phenoxy) is 3. The van der Waals surface area contributed by atoms with E-state index < -0.39 is 0 Å². The Morgan fingerprint density at radius 1 is 0.750 bits per heavy atom. The lowest BCUT2D eigenvalue weighted by Crippen LogP contribution is -1.98. The number of aromatic nitrogens is 1. The van der Waals surface area contributed by atoms with E-state index in [9.17, 15) is 0 Å². The minimum atomic E-state index is 0.568. The van der Waals surface area contributed by atoms with Crippen molar-refractivity contribution >= 4 is 22.4 Å². The Morgan fingerprint density at radius 3 is 2.11 bits per heavy atom. The Balaban J connectivity index is 1.73. The normalized spacial score (nSPS) is 10.7. The van der Waals surface area contributed by atoms with Gasteiger partial charge in [0.2, 0.25) is 5.75 Å². The molecule has 0 atom stereocenters. The molecule has 1 heterocycles. The molecule has 5 nitrogen and oxygen atoms in total. The van der Waals surface area contributed by atoms with Crippen molar-refractivity contribution in [3.8, 4) is 28.4 Å². The van der Waals surface area contributed by atoms with E-state index in [1.54, 1.807) is 21.3 Å². The molecule has 142 valence electrons. The highest BCUT2D eigenvalue weighted by molar-refractivity contribution is 5.96. The number of anilines is 2. The van der Waals surface area contributed by atoms with Crippen LogP contribution in [-0.2, 0) is 0 Å². The third-order valence-electron chi connectivity index (χ3n) is 4.68. The molecule has 4 aromatic rings. The Kier molecular flexibility index (Phi) is 4.81. The fourth-order valence-corrected chi connectivity index (χ4v) is 3.39. The van der Waals surface area contributed by atoms with E-state index in [1.807, 2.05) is 30.3 Å². The first-order valence-corrected chi connectivity index (χ1v) is 8.97. The fourth-order valence-electron chi connectivity index (χ4n) is 3.39. The van der Waals surface area contributed by atoms with E-state index >= 15 is 0 Å². The second-order valence-corrected chi connectivity index (χ2v) is 6.36. The van der Waals surface area contributed by atoms with Crippen LogP contribution in [0.2, 0.25) is 0 Å². The lowest BCUT2D eigenvalue weighted by Gasteiger charge is -2.14. The zero-order valence-electron chi connectivity index (χ0n) is 16.1. The number of H-pyrrole nitrogens is 1. The summed E-state index contributed by atoms with van der Waals surface area (Å²) in [6.07, 6.45) is 0. The van der Waals surface area contributed by atoms with Crippen molar-refractivity contribution in [1.29, 1.82) is 0 Å². The van der Waals surface area contributed by atoms with Crippen LogP contribution in [0.15, 0.2) is 66.7 Å². The number of hydrogen-bond acceptors (Lipinski definition) is 4. The smallest absolute Gasteiger partial charge is 0.203 e. The van der Waals surface area contributed by atoms with Gasteiger partial charge < -0.3 is 24.5 Å². The molecule has 0 fully saturated rings. The highest BCUT2D eigenvalue weighted by atomic mass is 16.5. The van der Waals surface area contributed by atoms with Gasteiger partial charge in [0, 0.05) is 28.8 Å². The van der Waals surface area contributed by atoms with E-state index in [2.05, 4.69) is 46.7 Å². The predicted molar refractivity (Wildman–Crippen MR) is 113 cm³/mol. The van der Waals surface area contributed by atoms with E-state index in [4.69, 9.17) is 14.2 Å². The van der Waals surface area contributed by atoms with Crippen LogP contribution in [0.5, 0.6) is 17.2 Å². The Bertz CT molecular complexity index is 1080. The Morgan fingerprint density at radius 2 is 1.46 bits per heavy atom. The quantitative estimate of drug-likeness (QED) is 0.461. The molecule has 0 unspecified atom stereocenters. The van der Waals surface area contributed by atoms with Crippen LogP contribution in [0.3, 0.4) is 0 Å². The summed E-state index contributed by atoms with van der Waals surface area (Å²) in [7, 11) is 4.81. The second kappa shape index (κ2) is 7.56. The fraction of sp³-hybridized carbons (Fsp3) is 0.130. The molecule has 0 bridgehead atoms. The molecule has 0 amide bonds. The van der Waals surface area contributed by atoms with Crippen molar-refractivity contribution in [2.24, 2.45) is 0 Å². The number of aromatic amines is 1. The maximum absolute atomic E-state index is 5.44. The summed E-state index contributed by atoms with van der Waals surface area (Å²) < 4.78 is 16.3. The maximum Gasteiger partial charge on any atom is 0.203 e. The van der Waals surface area contributed by atoms with Crippen molar-refractivity contribution in [1.82, 2.24) is 4.98 Å². The van der Waals surface area contributed by atoms with Gasteiger partial charge in [0.25, 0.3) is 0 Å². The van der Waals surface area contributed by atoms with Crippen LogP contribution < -0.4 is 19.5 Å². The van der Waals surface area contributed by atoms with Crippen LogP contribution in [-0.4, -0.2) is 26.3 Å². The molecule has 4 rings (SSSR count). The van der Waals surface area contributed by atoms with Crippen LogP contribution in [0.25, 0.3) is 22.0 Å². The van der Waals surface area contributed by atoms with Gasteiger partial charge in [-0.2, -0.15) is 0 Å². The van der Waals surface area contributed by atoms with Gasteiger partial charge in [0.1, 0.15) is 5.82 Å². The molecule has 28 heavy (non-hydrogen) atoms. The topological polar surface area (TPSA) is 55.5 Å². The summed E-state index contributed by atoms with van der Waals surface area (Å²) >= 11 is 0. The summed E-state index contributed by atoms with van der Waals surface area (Å²) in [6, 6.07) is 22.5. The summed E-state index contributed by atoms with van der Waals surface area (Å²) in [5, 5.41) is 4.54. The van der Waals surface area contributed by atoms with E-state index in [0.717, 1.165) is 28.0 Å². The number of methoxy groups -OCH3 is 3. The van der Waals surface area contributed by atoms with Gasteiger partial charge in [-0.15, -0.1) is 0 Å². The van der Waals surface area contributed by atoms with E-state index in [1.165, 1.54) is 5.56 Å². The number of nitrogens with one attached hydrogen (secondary N) is 2. The first kappa shape index (κ1) is 17.8. The SMILES string of the molecule is COc1cc(Nc2cc3cccc(-c4ccccc4)c3[nH]2)cc(OC)c1OC. The minimum absolute atomic E-state index is 0.568. The number of fused-ring (bicyclic) bond motifs is 1. The van der Waals surface area contributed by atoms with Gasteiger partial charge in [-0.1, -0.05) is 48.5 Å². The standard InChI is InChI=1S/C23H22N2O3/c1-26-19-13-17(14-20(27-2)23(19)28-3)24-21-12-16-10-7-11-18(22(16)25-21)15-8-5-4-6-9-15/h4-14,24-25H,1-3H3. The third kappa shape index (κ3) is 3.22. The molecule has 0 aliphatic carbocycles. The highest BCUT2D eigenvalue weighted by Crippen LogP contribution is 2.41. The Hall–Kier alpha value is -3.60.